The first-order chi connectivity index (χ1) is 12.3. The Morgan fingerprint density at radius 1 is 1.33 bits per heavy atom. The van der Waals surface area contributed by atoms with Crippen LogP contribution in [0.25, 0.3) is 0 Å². The van der Waals surface area contributed by atoms with Crippen LogP contribution in [-0.2, 0) is 21.1 Å². The zero-order valence-electron chi connectivity index (χ0n) is 16.2. The van der Waals surface area contributed by atoms with Gasteiger partial charge in [-0.3, -0.25) is 4.79 Å². The summed E-state index contributed by atoms with van der Waals surface area (Å²) in [7, 11) is 4.30. The van der Waals surface area contributed by atoms with Gasteiger partial charge in [-0.1, -0.05) is 12.1 Å². The lowest BCUT2D eigenvalue weighted by molar-refractivity contribution is -0.893. The summed E-state index contributed by atoms with van der Waals surface area (Å²) in [6.07, 6.45) is 0.963. The molecule has 0 aliphatic carbocycles. The predicted octanol–water partition coefficient (Wildman–Crippen LogP) is 1.65. The quantitative estimate of drug-likeness (QED) is 0.407. The Balaban J connectivity index is 0.000000646. The van der Waals surface area contributed by atoms with Crippen molar-refractivity contribution in [3.63, 3.8) is 0 Å². The van der Waals surface area contributed by atoms with Crippen molar-refractivity contribution in [1.82, 2.24) is 4.90 Å². The highest BCUT2D eigenvalue weighted by atomic mass is 32.3. The number of quaternary nitrogens is 1. The summed E-state index contributed by atoms with van der Waals surface area (Å²) in [6, 6.07) is 8.32. The van der Waals surface area contributed by atoms with E-state index in [-0.39, 0.29) is 11.9 Å². The zero-order valence-corrected chi connectivity index (χ0v) is 17.8. The van der Waals surface area contributed by atoms with Gasteiger partial charge in [0.05, 0.1) is 33.0 Å². The van der Waals surface area contributed by atoms with E-state index in [0.29, 0.717) is 5.25 Å². The number of hydrogen-bond donors (Lipinski definition) is 0. The number of likely N-dealkylation sites (N-methyl/N-ethyl adjacent to an activating group) is 2. The fraction of sp³-hybridized carbons (Fsp3) is 0.588. The smallest absolute Gasteiger partial charge is 0.280 e. The van der Waals surface area contributed by atoms with Crippen LogP contribution in [0.1, 0.15) is 12.0 Å². The molecule has 1 aliphatic heterocycles. The van der Waals surface area contributed by atoms with Crippen molar-refractivity contribution < 1.29 is 30.9 Å². The number of likely N-dealkylation sites (tertiary alicyclic amines) is 1. The molecule has 1 amide bonds. The van der Waals surface area contributed by atoms with Crippen molar-refractivity contribution in [1.29, 1.82) is 0 Å². The van der Waals surface area contributed by atoms with E-state index in [9.17, 15) is 8.68 Å². The van der Waals surface area contributed by atoms with Crippen molar-refractivity contribution in [2.75, 3.05) is 41.8 Å². The van der Waals surface area contributed by atoms with Crippen molar-refractivity contribution in [3.8, 4) is 5.75 Å². The molecule has 7 nitrogen and oxygen atoms in total. The molecule has 1 aliphatic rings. The van der Waals surface area contributed by atoms with E-state index in [0.717, 1.165) is 29.0 Å². The third-order valence-corrected chi connectivity index (χ3v) is 5.69. The number of carbonyl (C=O) groups excluding carboxylic acids is 1. The van der Waals surface area contributed by atoms with Crippen LogP contribution in [0.2, 0.25) is 0 Å². The average Bonchev–Trinajstić information content (AvgIpc) is 2.85. The molecule has 1 aromatic carbocycles. The molecular formula is C17H27FN2O5S2. The van der Waals surface area contributed by atoms with Crippen molar-refractivity contribution >= 4 is 28.2 Å². The Morgan fingerprint density at radius 2 is 1.85 bits per heavy atom. The average molecular weight is 423 g/mol. The first-order valence-electron chi connectivity index (χ1n) is 8.27. The maximum atomic E-state index is 12.3. The molecule has 0 radical (unpaired) electrons. The number of carbonyl (C=O) groups is 1. The summed E-state index contributed by atoms with van der Waals surface area (Å²) in [5.74, 6) is 2.12. The van der Waals surface area contributed by atoms with Gasteiger partial charge in [0.25, 0.3) is 16.4 Å². The fourth-order valence-electron chi connectivity index (χ4n) is 3.02. The van der Waals surface area contributed by atoms with Crippen LogP contribution >= 0.6 is 11.8 Å². The molecule has 0 N–H and O–H groups in total. The monoisotopic (exact) mass is 422 g/mol. The van der Waals surface area contributed by atoms with Gasteiger partial charge < -0.3 is 18.7 Å². The topological polar surface area (TPSA) is 86.7 Å². The van der Waals surface area contributed by atoms with Crippen LogP contribution in [0.5, 0.6) is 5.75 Å². The van der Waals surface area contributed by atoms with Gasteiger partial charge in [0, 0.05) is 26.3 Å². The molecule has 0 spiro atoms. The summed E-state index contributed by atoms with van der Waals surface area (Å²) in [5, 5.41) is 0.533. The highest BCUT2D eigenvalue weighted by Gasteiger charge is 2.45. The fourth-order valence-corrected chi connectivity index (χ4v) is 4.44. The number of methoxy groups -OCH3 is 1. The van der Waals surface area contributed by atoms with Gasteiger partial charge in [0.1, 0.15) is 5.75 Å². The number of rotatable bonds is 5. The molecule has 2 rings (SSSR count). The van der Waals surface area contributed by atoms with Crippen LogP contribution in [0, 0.1) is 0 Å². The number of benzene rings is 1. The van der Waals surface area contributed by atoms with Crippen molar-refractivity contribution in [2.45, 2.75) is 23.5 Å². The Bertz CT molecular complexity index is 715. The minimum absolute atomic E-state index is 0.0865. The summed E-state index contributed by atoms with van der Waals surface area (Å²) in [5.41, 5.74) is 1.30. The molecule has 10 heteroatoms. The summed E-state index contributed by atoms with van der Waals surface area (Å²) >= 11 is 1.96. The minimum Gasteiger partial charge on any atom is -0.722 e. The lowest BCUT2D eigenvalue weighted by Gasteiger charge is -2.31. The Morgan fingerprint density at radius 3 is 2.30 bits per heavy atom. The molecule has 2 atom stereocenters. The largest absolute Gasteiger partial charge is 0.722 e. The Hall–Kier alpha value is -1.36. The van der Waals surface area contributed by atoms with Gasteiger partial charge in [-0.25, -0.2) is 8.42 Å². The molecule has 0 unspecified atom stereocenters. The third kappa shape index (κ3) is 8.46. The lowest BCUT2D eigenvalue weighted by atomic mass is 10.2. The van der Waals surface area contributed by atoms with Crippen molar-refractivity contribution in [3.05, 3.63) is 29.8 Å². The van der Waals surface area contributed by atoms with Gasteiger partial charge in [-0.15, -0.1) is 15.6 Å². The van der Waals surface area contributed by atoms with E-state index in [1.807, 2.05) is 38.0 Å². The van der Waals surface area contributed by atoms with E-state index >= 15 is 0 Å². The SMILES string of the molecule is COc1ccc(CS[C@H]2C[C@@H](C(=O)N(C)C)[N+](C)(C)C2)cc1.O=S(=O)([O-])F. The summed E-state index contributed by atoms with van der Waals surface area (Å²) in [6.45, 7) is 1.05. The Kier molecular flexibility index (Phi) is 8.52. The number of ether oxygens (including phenoxy) is 1. The van der Waals surface area contributed by atoms with E-state index in [4.69, 9.17) is 17.7 Å². The first kappa shape index (κ1) is 23.7. The standard InChI is InChI=1S/C17H27N2O2S.FHO3S/c1-18(2)17(20)16-10-15(11-19(16,3)4)22-12-13-6-8-14(21-5)9-7-13;1-5(2,3)4/h6-9,15-16H,10-12H2,1-5H3;(H,2,3,4)/q+1;/p-1/t15-,16-;/m0./s1. The van der Waals surface area contributed by atoms with Crippen LogP contribution in [0.15, 0.2) is 24.3 Å². The van der Waals surface area contributed by atoms with Gasteiger partial charge in [-0.2, -0.15) is 0 Å². The normalized spacial score (nSPS) is 21.1. The van der Waals surface area contributed by atoms with E-state index in [2.05, 4.69) is 26.2 Å². The maximum absolute atomic E-state index is 12.3. The zero-order chi connectivity index (χ0) is 20.8. The van der Waals surface area contributed by atoms with Crippen LogP contribution < -0.4 is 4.74 Å². The second kappa shape index (κ2) is 9.72. The molecule has 27 heavy (non-hydrogen) atoms. The lowest BCUT2D eigenvalue weighted by Crippen LogP contribution is -2.51. The molecule has 1 heterocycles. The van der Waals surface area contributed by atoms with Crippen LogP contribution in [0.4, 0.5) is 3.89 Å². The number of thioether (sulfide) groups is 1. The highest BCUT2D eigenvalue weighted by Crippen LogP contribution is 2.33. The molecule has 0 aromatic heterocycles. The van der Waals surface area contributed by atoms with Gasteiger partial charge in [0.15, 0.2) is 6.04 Å². The summed E-state index contributed by atoms with van der Waals surface area (Å²) < 4.78 is 41.3. The molecule has 1 fully saturated rings. The van der Waals surface area contributed by atoms with Gasteiger partial charge >= 0.3 is 0 Å². The minimum atomic E-state index is -5.42. The second-order valence-corrected chi connectivity index (χ2v) is 9.19. The van der Waals surface area contributed by atoms with E-state index in [1.54, 1.807) is 12.0 Å². The highest BCUT2D eigenvalue weighted by molar-refractivity contribution is 7.99. The second-order valence-electron chi connectivity index (χ2n) is 7.12. The van der Waals surface area contributed by atoms with Crippen LogP contribution in [0.3, 0.4) is 0 Å². The van der Waals surface area contributed by atoms with Crippen LogP contribution in [-0.4, -0.2) is 81.4 Å². The first-order valence-corrected chi connectivity index (χ1v) is 10.6. The molecule has 0 bridgehead atoms. The van der Waals surface area contributed by atoms with E-state index < -0.39 is 10.5 Å². The predicted molar refractivity (Wildman–Crippen MR) is 103 cm³/mol. The Labute approximate surface area is 165 Å². The van der Waals surface area contributed by atoms with Gasteiger partial charge in [-0.05, 0) is 17.7 Å². The molecule has 1 aromatic rings. The number of halogens is 1. The number of nitrogens with zero attached hydrogens (tertiary/aromatic N) is 2. The molecule has 0 saturated carbocycles. The molecule has 1 saturated heterocycles. The van der Waals surface area contributed by atoms with Crippen molar-refractivity contribution in [2.24, 2.45) is 0 Å². The summed E-state index contributed by atoms with van der Waals surface area (Å²) in [4.78, 5) is 14.1. The van der Waals surface area contributed by atoms with Gasteiger partial charge in [0.2, 0.25) is 0 Å². The third-order valence-electron chi connectivity index (χ3n) is 4.37. The molecular weight excluding hydrogens is 395 g/mol. The maximum Gasteiger partial charge on any atom is 0.280 e. The number of amides is 1. The number of hydrogen-bond acceptors (Lipinski definition) is 6. The molecule has 154 valence electrons. The van der Waals surface area contributed by atoms with E-state index in [1.165, 1.54) is 5.56 Å².